The highest BCUT2D eigenvalue weighted by molar-refractivity contribution is 7.92. The minimum Gasteiger partial charge on any atom is -0.486 e. The van der Waals surface area contributed by atoms with Gasteiger partial charge in [0.15, 0.2) is 11.5 Å². The molecule has 7 nitrogen and oxygen atoms in total. The van der Waals surface area contributed by atoms with Crippen LogP contribution in [-0.2, 0) is 23.0 Å². The number of sulfonamides is 1. The van der Waals surface area contributed by atoms with Gasteiger partial charge in [0.1, 0.15) is 13.2 Å². The fraction of sp³-hybridized carbons (Fsp3) is 0.208. The van der Waals surface area contributed by atoms with Crippen molar-refractivity contribution >= 4 is 21.6 Å². The van der Waals surface area contributed by atoms with E-state index in [1.165, 1.54) is 12.1 Å². The van der Waals surface area contributed by atoms with E-state index in [0.717, 1.165) is 17.5 Å². The van der Waals surface area contributed by atoms with E-state index in [-0.39, 0.29) is 10.8 Å². The van der Waals surface area contributed by atoms with Crippen LogP contribution in [0.4, 0.5) is 5.69 Å². The Morgan fingerprint density at radius 3 is 2.47 bits per heavy atom. The second kappa shape index (κ2) is 8.20. The molecule has 1 amide bonds. The molecule has 3 aromatic carbocycles. The van der Waals surface area contributed by atoms with E-state index in [1.807, 2.05) is 24.3 Å². The van der Waals surface area contributed by atoms with Gasteiger partial charge in [0.2, 0.25) is 0 Å². The molecule has 5 rings (SSSR count). The summed E-state index contributed by atoms with van der Waals surface area (Å²) in [4.78, 5) is 14.7. The van der Waals surface area contributed by atoms with E-state index in [2.05, 4.69) is 4.72 Å². The molecule has 1 N–H and O–H groups in total. The predicted octanol–water partition coefficient (Wildman–Crippen LogP) is 3.46. The minimum absolute atomic E-state index is 0.0292. The monoisotopic (exact) mass is 450 g/mol. The van der Waals surface area contributed by atoms with Crippen LogP contribution in [0.3, 0.4) is 0 Å². The summed E-state index contributed by atoms with van der Waals surface area (Å²) in [7, 11) is -3.81. The highest BCUT2D eigenvalue weighted by Crippen LogP contribution is 2.33. The Morgan fingerprint density at radius 2 is 1.66 bits per heavy atom. The van der Waals surface area contributed by atoms with Gasteiger partial charge in [-0.2, -0.15) is 0 Å². The number of carbonyl (C=O) groups excluding carboxylic acids is 1. The molecule has 0 bridgehead atoms. The summed E-state index contributed by atoms with van der Waals surface area (Å²) in [6.07, 6.45) is 0.725. The van der Waals surface area contributed by atoms with Gasteiger partial charge in [-0.3, -0.25) is 9.52 Å². The molecule has 0 atom stereocenters. The molecule has 3 aromatic rings. The molecule has 8 heteroatoms. The number of benzene rings is 3. The Balaban J connectivity index is 1.36. The van der Waals surface area contributed by atoms with Crippen molar-refractivity contribution < 1.29 is 22.7 Å². The van der Waals surface area contributed by atoms with Crippen molar-refractivity contribution in [3.63, 3.8) is 0 Å². The van der Waals surface area contributed by atoms with Gasteiger partial charge in [0.05, 0.1) is 4.90 Å². The van der Waals surface area contributed by atoms with Crippen molar-refractivity contribution in [2.24, 2.45) is 0 Å². The Bertz CT molecular complexity index is 1270. The van der Waals surface area contributed by atoms with Gasteiger partial charge >= 0.3 is 0 Å². The van der Waals surface area contributed by atoms with Crippen molar-refractivity contribution in [1.82, 2.24) is 4.90 Å². The number of carbonyl (C=O) groups is 1. The minimum atomic E-state index is -3.81. The van der Waals surface area contributed by atoms with Crippen molar-refractivity contribution in [3.05, 3.63) is 83.4 Å². The Morgan fingerprint density at radius 1 is 0.875 bits per heavy atom. The number of ether oxygens (including phenoxy) is 2. The van der Waals surface area contributed by atoms with Crippen LogP contribution in [0.5, 0.6) is 11.5 Å². The first-order valence-corrected chi connectivity index (χ1v) is 11.9. The molecule has 0 spiro atoms. The van der Waals surface area contributed by atoms with Gasteiger partial charge < -0.3 is 14.4 Å². The molecule has 32 heavy (non-hydrogen) atoms. The molecule has 2 heterocycles. The van der Waals surface area contributed by atoms with Crippen LogP contribution < -0.4 is 14.2 Å². The molecular formula is C24H22N2O5S. The van der Waals surface area contributed by atoms with Gasteiger partial charge in [-0.05, 0) is 53.9 Å². The van der Waals surface area contributed by atoms with Crippen LogP contribution in [0.2, 0.25) is 0 Å². The summed E-state index contributed by atoms with van der Waals surface area (Å²) in [6, 6.07) is 19.2. The molecule has 0 radical (unpaired) electrons. The maximum absolute atomic E-state index is 12.9. The smallest absolute Gasteiger partial charge is 0.262 e. The van der Waals surface area contributed by atoms with Crippen LogP contribution >= 0.6 is 0 Å². The number of fused-ring (bicyclic) bond motifs is 2. The van der Waals surface area contributed by atoms with Crippen LogP contribution in [0, 0.1) is 0 Å². The number of hydrogen-bond donors (Lipinski definition) is 1. The Hall–Kier alpha value is -3.52. The average Bonchev–Trinajstić information content (AvgIpc) is 2.83. The SMILES string of the molecule is O=C(c1ccccc1)N1CCc2ccc(NS(=O)(=O)c3ccc4c(c3)OCCO4)cc2C1. The van der Waals surface area contributed by atoms with Gasteiger partial charge in [-0.1, -0.05) is 24.3 Å². The second-order valence-corrected chi connectivity index (χ2v) is 9.42. The molecule has 0 aromatic heterocycles. The third kappa shape index (κ3) is 4.01. The topological polar surface area (TPSA) is 84.9 Å². The molecule has 164 valence electrons. The second-order valence-electron chi connectivity index (χ2n) is 7.74. The molecule has 2 aliphatic rings. The summed E-state index contributed by atoms with van der Waals surface area (Å²) >= 11 is 0. The number of hydrogen-bond acceptors (Lipinski definition) is 5. The largest absolute Gasteiger partial charge is 0.486 e. The van der Waals surface area contributed by atoms with Gasteiger partial charge in [-0.15, -0.1) is 0 Å². The van der Waals surface area contributed by atoms with Crippen LogP contribution in [-0.4, -0.2) is 39.0 Å². The summed E-state index contributed by atoms with van der Waals surface area (Å²) in [6.45, 7) is 1.88. The van der Waals surface area contributed by atoms with Crippen LogP contribution in [0.15, 0.2) is 71.6 Å². The zero-order valence-corrected chi connectivity index (χ0v) is 18.1. The summed E-state index contributed by atoms with van der Waals surface area (Å²) in [5.41, 5.74) is 3.14. The number of nitrogens with one attached hydrogen (secondary N) is 1. The number of rotatable bonds is 4. The fourth-order valence-corrected chi connectivity index (χ4v) is 5.03. The number of anilines is 1. The van der Waals surface area contributed by atoms with E-state index >= 15 is 0 Å². The lowest BCUT2D eigenvalue weighted by Gasteiger charge is -2.29. The highest BCUT2D eigenvalue weighted by atomic mass is 32.2. The first-order chi connectivity index (χ1) is 15.5. The van der Waals surface area contributed by atoms with E-state index in [4.69, 9.17) is 9.47 Å². The lowest BCUT2D eigenvalue weighted by Crippen LogP contribution is -2.36. The lowest BCUT2D eigenvalue weighted by molar-refractivity contribution is 0.0734. The first-order valence-electron chi connectivity index (χ1n) is 10.4. The van der Waals surface area contributed by atoms with Crippen molar-refractivity contribution in [2.75, 3.05) is 24.5 Å². The zero-order valence-electron chi connectivity index (χ0n) is 17.3. The lowest BCUT2D eigenvalue weighted by atomic mass is 9.98. The summed E-state index contributed by atoms with van der Waals surface area (Å²) in [5.74, 6) is 0.922. The Labute approximate surface area is 186 Å². The fourth-order valence-electron chi connectivity index (χ4n) is 3.96. The van der Waals surface area contributed by atoms with Crippen LogP contribution in [0.25, 0.3) is 0 Å². The average molecular weight is 451 g/mol. The quantitative estimate of drug-likeness (QED) is 0.658. The van der Waals surface area contributed by atoms with Crippen LogP contribution in [0.1, 0.15) is 21.5 Å². The Kier molecular flexibility index (Phi) is 5.22. The molecular weight excluding hydrogens is 428 g/mol. The highest BCUT2D eigenvalue weighted by Gasteiger charge is 2.23. The predicted molar refractivity (Wildman–Crippen MR) is 120 cm³/mol. The van der Waals surface area contributed by atoms with Crippen molar-refractivity contribution in [3.8, 4) is 11.5 Å². The molecule has 0 saturated carbocycles. The summed E-state index contributed by atoms with van der Waals surface area (Å²) < 4.78 is 39.5. The van der Waals surface area contributed by atoms with Gasteiger partial charge in [0, 0.05) is 30.4 Å². The number of nitrogens with zero attached hydrogens (tertiary/aromatic N) is 1. The molecule has 0 aliphatic carbocycles. The first kappa shape index (κ1) is 20.4. The maximum atomic E-state index is 12.9. The third-order valence-electron chi connectivity index (χ3n) is 5.60. The third-order valence-corrected chi connectivity index (χ3v) is 6.98. The normalized spacial score (nSPS) is 15.1. The van der Waals surface area contributed by atoms with E-state index in [0.29, 0.717) is 49.1 Å². The molecule has 0 fully saturated rings. The van der Waals surface area contributed by atoms with E-state index in [9.17, 15) is 13.2 Å². The molecule has 0 unspecified atom stereocenters. The van der Waals surface area contributed by atoms with E-state index in [1.54, 1.807) is 35.2 Å². The van der Waals surface area contributed by atoms with Gasteiger partial charge in [0.25, 0.3) is 15.9 Å². The van der Waals surface area contributed by atoms with Crippen molar-refractivity contribution in [2.45, 2.75) is 17.9 Å². The maximum Gasteiger partial charge on any atom is 0.262 e. The van der Waals surface area contributed by atoms with E-state index < -0.39 is 10.0 Å². The molecule has 0 saturated heterocycles. The van der Waals surface area contributed by atoms with Crippen molar-refractivity contribution in [1.29, 1.82) is 0 Å². The molecule has 2 aliphatic heterocycles. The number of amides is 1. The standard InChI is InChI=1S/C24H22N2O5S/c27-24(18-4-2-1-3-5-18)26-11-10-17-6-7-20(14-19(17)16-26)25-32(28,29)21-8-9-22-23(15-21)31-13-12-30-22/h1-9,14-15,25H,10-13,16H2. The summed E-state index contributed by atoms with van der Waals surface area (Å²) in [5, 5.41) is 0. The zero-order chi connectivity index (χ0) is 22.1. The van der Waals surface area contributed by atoms with Gasteiger partial charge in [-0.25, -0.2) is 8.42 Å².